The van der Waals surface area contributed by atoms with Gasteiger partial charge >= 0.3 is 11.9 Å². The van der Waals surface area contributed by atoms with Crippen molar-refractivity contribution in [1.29, 1.82) is 0 Å². The van der Waals surface area contributed by atoms with Gasteiger partial charge in [0.15, 0.2) is 0 Å². The molecular weight excluding hydrogens is 352 g/mol. The molecule has 0 bridgehead atoms. The van der Waals surface area contributed by atoms with E-state index < -0.39 is 35.8 Å². The second kappa shape index (κ2) is 11.5. The van der Waals surface area contributed by atoms with Crippen LogP contribution in [0.5, 0.6) is 0 Å². The number of hydrogen-bond donors (Lipinski definition) is 3. The van der Waals surface area contributed by atoms with Crippen LogP contribution in [0.15, 0.2) is 42.5 Å². The summed E-state index contributed by atoms with van der Waals surface area (Å²) in [5, 5.41) is 14.2. The largest absolute Gasteiger partial charge is 0.480 e. The maximum absolute atomic E-state index is 12.5. The highest BCUT2D eigenvalue weighted by molar-refractivity contribution is 5.90. The summed E-state index contributed by atoms with van der Waals surface area (Å²) >= 11 is 0. The number of rotatable bonds is 10. The molecule has 0 aliphatic rings. The Balaban J connectivity index is 2.77. The van der Waals surface area contributed by atoms with Gasteiger partial charge in [0.25, 0.3) is 0 Å². The Bertz CT molecular complexity index is 687. The van der Waals surface area contributed by atoms with Gasteiger partial charge in [0.05, 0.1) is 6.61 Å². The minimum atomic E-state index is -1.25. The summed E-state index contributed by atoms with van der Waals surface area (Å²) in [4.78, 5) is 46.5. The zero-order valence-corrected chi connectivity index (χ0v) is 15.3. The highest BCUT2D eigenvalue weighted by Crippen LogP contribution is 2.05. The molecule has 1 aromatic rings. The van der Waals surface area contributed by atoms with E-state index in [1.165, 1.54) is 13.0 Å². The average molecular weight is 376 g/mol. The molecule has 1 aromatic carbocycles. The summed E-state index contributed by atoms with van der Waals surface area (Å²) in [6, 6.07) is 6.89. The van der Waals surface area contributed by atoms with Gasteiger partial charge in [-0.1, -0.05) is 36.4 Å². The van der Waals surface area contributed by atoms with E-state index in [1.54, 1.807) is 31.2 Å². The van der Waals surface area contributed by atoms with E-state index in [0.29, 0.717) is 0 Å². The standard InChI is InChI=1S/C19H24N2O6/c1-3-27-17(23)11-7-10-15(19(25)26)21-18(24)16(20-13(2)22)12-14-8-5-4-6-9-14/h4-9,11,15-16H,3,10,12H2,1-2H3,(H,20,22)(H,21,24)(H,25,26)/b11-7+/t15-,16-/m1/s1. The summed E-state index contributed by atoms with van der Waals surface area (Å²) in [5.41, 5.74) is 0.820. The van der Waals surface area contributed by atoms with Gasteiger partial charge < -0.3 is 20.5 Å². The predicted molar refractivity (Wildman–Crippen MR) is 97.7 cm³/mol. The van der Waals surface area contributed by atoms with Crippen LogP contribution in [-0.4, -0.2) is 47.6 Å². The van der Waals surface area contributed by atoms with Crippen molar-refractivity contribution in [2.24, 2.45) is 0 Å². The van der Waals surface area contributed by atoms with E-state index in [2.05, 4.69) is 10.6 Å². The highest BCUT2D eigenvalue weighted by Gasteiger charge is 2.25. The number of carboxylic acid groups (broad SMARTS) is 1. The average Bonchev–Trinajstić information content (AvgIpc) is 2.60. The summed E-state index contributed by atoms with van der Waals surface area (Å²) in [6.07, 6.45) is 2.55. The smallest absolute Gasteiger partial charge is 0.330 e. The van der Waals surface area contributed by atoms with Crippen molar-refractivity contribution in [3.8, 4) is 0 Å². The zero-order valence-electron chi connectivity index (χ0n) is 15.3. The topological polar surface area (TPSA) is 122 Å². The van der Waals surface area contributed by atoms with Gasteiger partial charge in [0.1, 0.15) is 12.1 Å². The minimum Gasteiger partial charge on any atom is -0.480 e. The van der Waals surface area contributed by atoms with Gasteiger partial charge in [0, 0.05) is 19.4 Å². The van der Waals surface area contributed by atoms with Gasteiger partial charge in [-0.25, -0.2) is 9.59 Å². The molecule has 0 heterocycles. The molecule has 146 valence electrons. The molecule has 0 aliphatic heterocycles. The first kappa shape index (κ1) is 21.9. The Kier molecular flexibility index (Phi) is 9.28. The summed E-state index contributed by atoms with van der Waals surface area (Å²) in [7, 11) is 0. The first-order valence-corrected chi connectivity index (χ1v) is 8.51. The van der Waals surface area contributed by atoms with Crippen molar-refractivity contribution in [3.05, 3.63) is 48.0 Å². The summed E-state index contributed by atoms with van der Waals surface area (Å²) in [5.74, 6) is -2.86. The molecule has 8 heteroatoms. The van der Waals surface area contributed by atoms with Crippen LogP contribution in [0, 0.1) is 0 Å². The Morgan fingerprint density at radius 1 is 1.11 bits per heavy atom. The first-order chi connectivity index (χ1) is 12.8. The Morgan fingerprint density at radius 2 is 1.78 bits per heavy atom. The van der Waals surface area contributed by atoms with Gasteiger partial charge in [-0.3, -0.25) is 9.59 Å². The fourth-order valence-electron chi connectivity index (χ4n) is 2.29. The number of benzene rings is 1. The molecule has 3 N–H and O–H groups in total. The molecule has 0 aliphatic carbocycles. The molecule has 1 rings (SSSR count). The summed E-state index contributed by atoms with van der Waals surface area (Å²) in [6.45, 7) is 3.14. The van der Waals surface area contributed by atoms with Gasteiger partial charge in [-0.05, 0) is 18.9 Å². The number of nitrogens with one attached hydrogen (secondary N) is 2. The molecule has 8 nitrogen and oxygen atoms in total. The van der Waals surface area contributed by atoms with Crippen LogP contribution in [0.1, 0.15) is 25.8 Å². The molecule has 0 fully saturated rings. The molecule has 0 radical (unpaired) electrons. The van der Waals surface area contributed by atoms with E-state index in [0.717, 1.165) is 11.6 Å². The lowest BCUT2D eigenvalue weighted by Crippen LogP contribution is -2.52. The highest BCUT2D eigenvalue weighted by atomic mass is 16.5. The van der Waals surface area contributed by atoms with E-state index >= 15 is 0 Å². The maximum Gasteiger partial charge on any atom is 0.330 e. The maximum atomic E-state index is 12.5. The zero-order chi connectivity index (χ0) is 20.2. The predicted octanol–water partition coefficient (Wildman–Crippen LogP) is 0.813. The number of aliphatic carboxylic acids is 1. The van der Waals surface area contributed by atoms with Crippen molar-refractivity contribution >= 4 is 23.8 Å². The molecule has 0 unspecified atom stereocenters. The van der Waals surface area contributed by atoms with Gasteiger partial charge in [-0.2, -0.15) is 0 Å². The fourth-order valence-corrected chi connectivity index (χ4v) is 2.29. The number of carbonyl (C=O) groups excluding carboxylic acids is 3. The van der Waals surface area contributed by atoms with Gasteiger partial charge in [0.2, 0.25) is 11.8 Å². The quantitative estimate of drug-likeness (QED) is 0.410. The van der Waals surface area contributed by atoms with Crippen LogP contribution in [0.4, 0.5) is 0 Å². The third-order valence-corrected chi connectivity index (χ3v) is 3.50. The second-order valence-corrected chi connectivity index (χ2v) is 5.73. The van der Waals surface area contributed by atoms with Crippen molar-refractivity contribution in [2.45, 2.75) is 38.8 Å². The van der Waals surface area contributed by atoms with E-state index in [4.69, 9.17) is 4.74 Å². The molecule has 0 saturated carbocycles. The lowest BCUT2D eigenvalue weighted by molar-refractivity contribution is -0.142. The fraction of sp³-hybridized carbons (Fsp3) is 0.368. The van der Waals surface area contributed by atoms with E-state index in [9.17, 15) is 24.3 Å². The summed E-state index contributed by atoms with van der Waals surface area (Å²) < 4.78 is 4.71. The number of hydrogen-bond acceptors (Lipinski definition) is 5. The van der Waals surface area contributed by atoms with Crippen molar-refractivity contribution in [1.82, 2.24) is 10.6 Å². The molecule has 2 amide bonds. The lowest BCUT2D eigenvalue weighted by Gasteiger charge is -2.20. The molecule has 27 heavy (non-hydrogen) atoms. The van der Waals surface area contributed by atoms with Crippen LogP contribution in [-0.2, 0) is 30.3 Å². The third-order valence-electron chi connectivity index (χ3n) is 3.50. The van der Waals surface area contributed by atoms with Crippen LogP contribution >= 0.6 is 0 Å². The van der Waals surface area contributed by atoms with Crippen LogP contribution < -0.4 is 10.6 Å². The molecule has 0 saturated heterocycles. The van der Waals surface area contributed by atoms with Crippen molar-refractivity contribution in [3.63, 3.8) is 0 Å². The minimum absolute atomic E-state index is 0.0992. The number of esters is 1. The van der Waals surface area contributed by atoms with Crippen LogP contribution in [0.3, 0.4) is 0 Å². The Labute approximate surface area is 157 Å². The lowest BCUT2D eigenvalue weighted by atomic mass is 10.0. The first-order valence-electron chi connectivity index (χ1n) is 8.51. The number of amides is 2. The monoisotopic (exact) mass is 376 g/mol. The van der Waals surface area contributed by atoms with Crippen molar-refractivity contribution in [2.75, 3.05) is 6.61 Å². The number of ether oxygens (including phenoxy) is 1. The Hall–Kier alpha value is -3.16. The van der Waals surface area contributed by atoms with E-state index in [1.807, 2.05) is 6.07 Å². The third kappa shape index (κ3) is 8.66. The van der Waals surface area contributed by atoms with Crippen molar-refractivity contribution < 1.29 is 29.0 Å². The molecular formula is C19H24N2O6. The normalized spacial score (nSPS) is 12.8. The molecule has 0 spiro atoms. The van der Waals surface area contributed by atoms with Crippen LogP contribution in [0.25, 0.3) is 0 Å². The number of carboxylic acids is 1. The van der Waals surface area contributed by atoms with Gasteiger partial charge in [-0.15, -0.1) is 0 Å². The number of carbonyl (C=O) groups is 4. The second-order valence-electron chi connectivity index (χ2n) is 5.73. The Morgan fingerprint density at radius 3 is 2.33 bits per heavy atom. The van der Waals surface area contributed by atoms with Crippen LogP contribution in [0.2, 0.25) is 0 Å². The molecule has 2 atom stereocenters. The molecule has 0 aromatic heterocycles. The van der Waals surface area contributed by atoms with E-state index in [-0.39, 0.29) is 19.4 Å². The SMILES string of the molecule is CCOC(=O)/C=C/C[C@@H](NC(=O)[C@@H](Cc1ccccc1)NC(C)=O)C(=O)O.